The Balaban J connectivity index is 1.65. The fraction of sp³-hybridized carbons (Fsp3) is 0.381. The van der Waals surface area contributed by atoms with E-state index in [2.05, 4.69) is 20.7 Å². The van der Waals surface area contributed by atoms with E-state index in [4.69, 9.17) is 4.74 Å². The standard InChI is InChI=1S/C21H22F3N5O2/c1-2-29-19-16(12-26-29)18(27-15-7-9-31-10-8-15)17(11-25-19)20(30)28-14-5-3-13(4-6-14)21(22,23)24/h3-6,11-12,15H,2,7-10H2,1H3,(H,25,27)(H,28,30). The van der Waals surface area contributed by atoms with E-state index >= 15 is 0 Å². The second-order valence-electron chi connectivity index (χ2n) is 7.30. The first-order valence-electron chi connectivity index (χ1n) is 10.0. The Morgan fingerprint density at radius 1 is 1.19 bits per heavy atom. The molecule has 1 aliphatic heterocycles. The number of nitrogens with one attached hydrogen (secondary N) is 2. The molecule has 31 heavy (non-hydrogen) atoms. The molecule has 0 atom stereocenters. The summed E-state index contributed by atoms with van der Waals surface area (Å²) in [4.78, 5) is 17.4. The second kappa shape index (κ2) is 8.54. The third kappa shape index (κ3) is 4.48. The topological polar surface area (TPSA) is 81.1 Å². The number of hydrogen-bond acceptors (Lipinski definition) is 5. The van der Waals surface area contributed by atoms with Gasteiger partial charge in [0.05, 0.1) is 28.4 Å². The Bertz CT molecular complexity index is 1070. The molecule has 1 saturated heterocycles. The number of halogens is 3. The fourth-order valence-corrected chi connectivity index (χ4v) is 3.57. The first kappa shape index (κ1) is 21.1. The lowest BCUT2D eigenvalue weighted by Gasteiger charge is -2.25. The van der Waals surface area contributed by atoms with Crippen LogP contribution in [0.15, 0.2) is 36.7 Å². The van der Waals surface area contributed by atoms with Crippen LogP contribution in [-0.4, -0.2) is 39.9 Å². The van der Waals surface area contributed by atoms with Crippen molar-refractivity contribution < 1.29 is 22.7 Å². The molecule has 0 aliphatic carbocycles. The molecule has 10 heteroatoms. The average molecular weight is 433 g/mol. The van der Waals surface area contributed by atoms with Gasteiger partial charge in [-0.2, -0.15) is 18.3 Å². The molecule has 0 unspecified atom stereocenters. The van der Waals surface area contributed by atoms with E-state index in [0.29, 0.717) is 42.0 Å². The van der Waals surface area contributed by atoms with Crippen LogP contribution in [0.25, 0.3) is 11.0 Å². The summed E-state index contributed by atoms with van der Waals surface area (Å²) in [7, 11) is 0. The predicted octanol–water partition coefficient (Wildman–Crippen LogP) is 4.31. The molecule has 7 nitrogen and oxygen atoms in total. The van der Waals surface area contributed by atoms with Crippen molar-refractivity contribution in [2.45, 2.75) is 38.5 Å². The molecule has 2 aromatic heterocycles. The average Bonchev–Trinajstić information content (AvgIpc) is 3.18. The maximum atomic E-state index is 13.0. The second-order valence-corrected chi connectivity index (χ2v) is 7.30. The smallest absolute Gasteiger partial charge is 0.381 e. The maximum Gasteiger partial charge on any atom is 0.416 e. The maximum absolute atomic E-state index is 13.0. The van der Waals surface area contributed by atoms with Gasteiger partial charge in [0.2, 0.25) is 0 Å². The molecule has 3 aromatic rings. The Morgan fingerprint density at radius 2 is 1.90 bits per heavy atom. The fourth-order valence-electron chi connectivity index (χ4n) is 3.57. The summed E-state index contributed by atoms with van der Waals surface area (Å²) in [6.45, 7) is 3.84. The van der Waals surface area contributed by atoms with E-state index in [0.717, 1.165) is 25.0 Å². The van der Waals surface area contributed by atoms with Crippen molar-refractivity contribution in [3.63, 3.8) is 0 Å². The van der Waals surface area contributed by atoms with Crippen molar-refractivity contribution in [3.8, 4) is 0 Å². The van der Waals surface area contributed by atoms with Gasteiger partial charge in [-0.25, -0.2) is 9.67 Å². The molecule has 0 saturated carbocycles. The predicted molar refractivity (Wildman–Crippen MR) is 110 cm³/mol. The van der Waals surface area contributed by atoms with Gasteiger partial charge in [0.1, 0.15) is 0 Å². The number of ether oxygens (including phenoxy) is 1. The molecule has 1 aliphatic rings. The van der Waals surface area contributed by atoms with Gasteiger partial charge in [-0.1, -0.05) is 0 Å². The number of anilines is 2. The number of amides is 1. The lowest BCUT2D eigenvalue weighted by Crippen LogP contribution is -2.29. The highest BCUT2D eigenvalue weighted by Gasteiger charge is 2.30. The Hall–Kier alpha value is -3.14. The largest absolute Gasteiger partial charge is 0.416 e. The number of carbonyl (C=O) groups is 1. The zero-order valence-corrected chi connectivity index (χ0v) is 16.9. The van der Waals surface area contributed by atoms with Gasteiger partial charge in [-0.15, -0.1) is 0 Å². The number of fused-ring (bicyclic) bond motifs is 1. The summed E-state index contributed by atoms with van der Waals surface area (Å²) < 4.78 is 45.5. The van der Waals surface area contributed by atoms with Gasteiger partial charge in [-0.3, -0.25) is 4.79 Å². The number of aromatic nitrogens is 3. The van der Waals surface area contributed by atoms with Crippen molar-refractivity contribution in [1.82, 2.24) is 14.8 Å². The molecule has 164 valence electrons. The summed E-state index contributed by atoms with van der Waals surface area (Å²) in [5.74, 6) is -0.465. The first-order valence-corrected chi connectivity index (χ1v) is 10.0. The third-order valence-electron chi connectivity index (χ3n) is 5.25. The molecule has 1 aromatic carbocycles. The molecule has 4 rings (SSSR count). The summed E-state index contributed by atoms with van der Waals surface area (Å²) in [6.07, 6.45) is 0.300. The molecule has 3 heterocycles. The highest BCUT2D eigenvalue weighted by Crippen LogP contribution is 2.31. The number of rotatable bonds is 5. The summed E-state index contributed by atoms with van der Waals surface area (Å²) in [5.41, 5.74) is 1.06. The van der Waals surface area contributed by atoms with Crippen molar-refractivity contribution in [1.29, 1.82) is 0 Å². The molecule has 0 spiro atoms. The minimum absolute atomic E-state index is 0.127. The quantitative estimate of drug-likeness (QED) is 0.627. The molecule has 0 radical (unpaired) electrons. The van der Waals surface area contributed by atoms with Crippen LogP contribution >= 0.6 is 0 Å². The SMILES string of the molecule is CCn1ncc2c(NC3CCOCC3)c(C(=O)Nc3ccc(C(F)(F)F)cc3)cnc21. The van der Waals surface area contributed by atoms with Gasteiger partial charge in [0.25, 0.3) is 5.91 Å². The molecular formula is C21H22F3N5O2. The summed E-state index contributed by atoms with van der Waals surface area (Å²) in [6, 6.07) is 4.45. The first-order chi connectivity index (χ1) is 14.9. The summed E-state index contributed by atoms with van der Waals surface area (Å²) in [5, 5.41) is 11.2. The minimum atomic E-state index is -4.43. The third-order valence-corrected chi connectivity index (χ3v) is 5.25. The van der Waals surface area contributed by atoms with Crippen molar-refractivity contribution in [3.05, 3.63) is 47.8 Å². The van der Waals surface area contributed by atoms with E-state index in [1.165, 1.54) is 18.3 Å². The molecule has 0 bridgehead atoms. The van der Waals surface area contributed by atoms with Crippen LogP contribution < -0.4 is 10.6 Å². The van der Waals surface area contributed by atoms with Crippen molar-refractivity contribution >= 4 is 28.3 Å². The Kier molecular flexibility index (Phi) is 5.81. The number of pyridine rings is 1. The minimum Gasteiger partial charge on any atom is -0.381 e. The number of benzene rings is 1. The van der Waals surface area contributed by atoms with Gasteiger partial charge < -0.3 is 15.4 Å². The lowest BCUT2D eigenvalue weighted by molar-refractivity contribution is -0.137. The van der Waals surface area contributed by atoms with Gasteiger partial charge in [-0.05, 0) is 44.0 Å². The highest BCUT2D eigenvalue weighted by atomic mass is 19.4. The van der Waals surface area contributed by atoms with Gasteiger partial charge in [0.15, 0.2) is 5.65 Å². The molecule has 1 fully saturated rings. The molecular weight excluding hydrogens is 411 g/mol. The molecule has 1 amide bonds. The normalized spacial score (nSPS) is 15.2. The van der Waals surface area contributed by atoms with E-state index in [-0.39, 0.29) is 11.7 Å². The number of hydrogen-bond donors (Lipinski definition) is 2. The van der Waals surface area contributed by atoms with Gasteiger partial charge in [0, 0.05) is 37.7 Å². The van der Waals surface area contributed by atoms with Crippen molar-refractivity contribution in [2.24, 2.45) is 0 Å². The van der Waals surface area contributed by atoms with Crippen molar-refractivity contribution in [2.75, 3.05) is 23.8 Å². The zero-order chi connectivity index (χ0) is 22.0. The van der Waals surface area contributed by atoms with Crippen LogP contribution in [0.4, 0.5) is 24.5 Å². The van der Waals surface area contributed by atoms with E-state index in [9.17, 15) is 18.0 Å². The van der Waals surface area contributed by atoms with Crippen LogP contribution in [0.1, 0.15) is 35.7 Å². The lowest BCUT2D eigenvalue weighted by atomic mass is 10.1. The van der Waals surface area contributed by atoms with E-state index in [1.807, 2.05) is 6.92 Å². The number of aryl methyl sites for hydroxylation is 1. The van der Waals surface area contributed by atoms with E-state index in [1.54, 1.807) is 10.9 Å². The summed E-state index contributed by atoms with van der Waals surface area (Å²) >= 11 is 0. The Morgan fingerprint density at radius 3 is 2.55 bits per heavy atom. The van der Waals surface area contributed by atoms with Crippen LogP contribution in [-0.2, 0) is 17.5 Å². The number of alkyl halides is 3. The monoisotopic (exact) mass is 433 g/mol. The number of carbonyl (C=O) groups excluding carboxylic acids is 1. The van der Waals surface area contributed by atoms with Gasteiger partial charge >= 0.3 is 6.18 Å². The Labute approximate surface area is 176 Å². The van der Waals surface area contributed by atoms with Crippen LogP contribution in [0, 0.1) is 0 Å². The highest BCUT2D eigenvalue weighted by molar-refractivity contribution is 6.12. The number of nitrogens with zero attached hydrogens (tertiary/aromatic N) is 3. The van der Waals surface area contributed by atoms with Crippen LogP contribution in [0.5, 0.6) is 0 Å². The van der Waals surface area contributed by atoms with Crippen LogP contribution in [0.3, 0.4) is 0 Å². The zero-order valence-electron chi connectivity index (χ0n) is 16.9. The van der Waals surface area contributed by atoms with E-state index < -0.39 is 17.6 Å². The molecule has 2 N–H and O–H groups in total. The van der Waals surface area contributed by atoms with Crippen LogP contribution in [0.2, 0.25) is 0 Å².